The van der Waals surface area contributed by atoms with Crippen LogP contribution in [0.1, 0.15) is 52.3 Å². The number of carbonyl (C=O) groups is 1. The number of hydrogen-bond acceptors (Lipinski definition) is 6. The van der Waals surface area contributed by atoms with Gasteiger partial charge in [-0.3, -0.25) is 9.67 Å². The van der Waals surface area contributed by atoms with Crippen molar-refractivity contribution in [2.24, 2.45) is 18.7 Å². The molecule has 0 amide bonds. The summed E-state index contributed by atoms with van der Waals surface area (Å²) < 4.78 is 12.4. The number of halogens is 2. The van der Waals surface area contributed by atoms with Crippen molar-refractivity contribution < 1.29 is 14.3 Å². The molecule has 0 atom stereocenters. The number of methoxy groups -OCH3 is 1. The van der Waals surface area contributed by atoms with E-state index in [1.54, 1.807) is 13.2 Å². The Morgan fingerprint density at radius 3 is 2.32 bits per heavy atom. The zero-order chi connectivity index (χ0) is 23.4. The van der Waals surface area contributed by atoms with Gasteiger partial charge in [0.2, 0.25) is 5.88 Å². The molecule has 3 aromatic rings. The fourth-order valence-electron chi connectivity index (χ4n) is 3.83. The van der Waals surface area contributed by atoms with Gasteiger partial charge in [0, 0.05) is 36.7 Å². The topological polar surface area (TPSA) is 92.3 Å². The molecule has 0 spiro atoms. The Bertz CT molecular complexity index is 1110. The first-order valence-electron chi connectivity index (χ1n) is 10.8. The summed E-state index contributed by atoms with van der Waals surface area (Å²) in [6, 6.07) is 8.39. The van der Waals surface area contributed by atoms with E-state index in [-0.39, 0.29) is 42.9 Å². The maximum Gasteiger partial charge on any atom is 0.345 e. The molecule has 2 heterocycles. The van der Waals surface area contributed by atoms with Gasteiger partial charge in [-0.05, 0) is 42.9 Å². The first kappa shape index (κ1) is 29.4. The third kappa shape index (κ3) is 6.50. The van der Waals surface area contributed by atoms with E-state index in [0.717, 1.165) is 40.1 Å². The minimum Gasteiger partial charge on any atom is -0.471 e. The zero-order valence-corrected chi connectivity index (χ0v) is 22.2. The Kier molecular flexibility index (Phi) is 11.0. The minimum atomic E-state index is -0.489. The predicted octanol–water partition coefficient (Wildman–Crippen LogP) is 4.97. The van der Waals surface area contributed by atoms with Gasteiger partial charge in [0.25, 0.3) is 0 Å². The van der Waals surface area contributed by atoms with Crippen LogP contribution in [0.2, 0.25) is 0 Å². The molecule has 3 rings (SSSR count). The van der Waals surface area contributed by atoms with E-state index < -0.39 is 5.97 Å². The number of hydrogen-bond donors (Lipinski definition) is 1. The highest BCUT2D eigenvalue weighted by molar-refractivity contribution is 5.91. The van der Waals surface area contributed by atoms with Crippen molar-refractivity contribution in [2.75, 3.05) is 7.11 Å². The van der Waals surface area contributed by atoms with Crippen molar-refractivity contribution in [3.8, 4) is 17.0 Å². The molecule has 2 aromatic heterocycles. The van der Waals surface area contributed by atoms with Crippen molar-refractivity contribution in [3.05, 3.63) is 64.1 Å². The SMILES string of the molecule is COC(=O)c1cn(C)nc1OCc1c(C)nc(CC(C)C)c(CN)c1-c1ccc(C)cc1.Cl.Cl. The normalized spacial score (nSPS) is 10.5. The van der Waals surface area contributed by atoms with Crippen LogP contribution in [0.15, 0.2) is 30.5 Å². The molecule has 2 N–H and O–H groups in total. The van der Waals surface area contributed by atoms with Crippen LogP contribution in [0.4, 0.5) is 0 Å². The molecule has 0 radical (unpaired) electrons. The molecule has 34 heavy (non-hydrogen) atoms. The van der Waals surface area contributed by atoms with Crippen LogP contribution in [-0.4, -0.2) is 27.8 Å². The van der Waals surface area contributed by atoms with Gasteiger partial charge in [-0.1, -0.05) is 43.7 Å². The molecule has 0 fully saturated rings. The van der Waals surface area contributed by atoms with Crippen LogP contribution in [0.3, 0.4) is 0 Å². The van der Waals surface area contributed by atoms with Gasteiger partial charge in [0.05, 0.1) is 7.11 Å². The second-order valence-corrected chi connectivity index (χ2v) is 8.45. The van der Waals surface area contributed by atoms with Gasteiger partial charge in [0.15, 0.2) is 0 Å². The quantitative estimate of drug-likeness (QED) is 0.432. The number of aryl methyl sites for hydroxylation is 3. The average molecular weight is 509 g/mol. The van der Waals surface area contributed by atoms with Gasteiger partial charge in [0.1, 0.15) is 12.2 Å². The lowest BCUT2D eigenvalue weighted by Crippen LogP contribution is -2.14. The van der Waals surface area contributed by atoms with Crippen LogP contribution in [0, 0.1) is 19.8 Å². The maximum absolute atomic E-state index is 12.1. The lowest BCUT2D eigenvalue weighted by atomic mass is 9.90. The number of esters is 1. The van der Waals surface area contributed by atoms with E-state index in [1.807, 2.05) is 6.92 Å². The van der Waals surface area contributed by atoms with Crippen molar-refractivity contribution in [2.45, 2.75) is 47.3 Å². The summed E-state index contributed by atoms with van der Waals surface area (Å²) in [6.07, 6.45) is 2.43. The number of benzene rings is 1. The Morgan fingerprint density at radius 1 is 1.12 bits per heavy atom. The zero-order valence-electron chi connectivity index (χ0n) is 20.5. The van der Waals surface area contributed by atoms with E-state index in [2.05, 4.69) is 50.1 Å². The van der Waals surface area contributed by atoms with Crippen LogP contribution >= 0.6 is 24.8 Å². The molecular weight excluding hydrogens is 475 g/mol. The molecule has 0 saturated heterocycles. The van der Waals surface area contributed by atoms with Crippen molar-refractivity contribution in [3.63, 3.8) is 0 Å². The van der Waals surface area contributed by atoms with Crippen molar-refractivity contribution in [1.82, 2.24) is 14.8 Å². The largest absolute Gasteiger partial charge is 0.471 e. The first-order chi connectivity index (χ1) is 15.2. The fourth-order valence-corrected chi connectivity index (χ4v) is 3.83. The molecule has 0 aliphatic heterocycles. The summed E-state index contributed by atoms with van der Waals surface area (Å²) in [5.74, 6) is 0.196. The first-order valence-corrected chi connectivity index (χ1v) is 10.8. The maximum atomic E-state index is 12.1. The van der Waals surface area contributed by atoms with E-state index in [1.165, 1.54) is 17.4 Å². The van der Waals surface area contributed by atoms with Crippen LogP contribution in [-0.2, 0) is 31.4 Å². The Labute approximate surface area is 213 Å². The van der Waals surface area contributed by atoms with E-state index in [0.29, 0.717) is 12.5 Å². The van der Waals surface area contributed by atoms with Gasteiger partial charge >= 0.3 is 5.97 Å². The number of nitrogens with two attached hydrogens (primary N) is 1. The fraction of sp³-hybridized carbons (Fsp3) is 0.400. The lowest BCUT2D eigenvalue weighted by Gasteiger charge is -2.21. The number of carbonyl (C=O) groups excluding carboxylic acids is 1. The molecule has 0 aliphatic carbocycles. The summed E-state index contributed by atoms with van der Waals surface area (Å²) in [5.41, 5.74) is 13.7. The summed E-state index contributed by atoms with van der Waals surface area (Å²) in [6.45, 7) is 8.99. The Morgan fingerprint density at radius 2 is 1.76 bits per heavy atom. The lowest BCUT2D eigenvalue weighted by molar-refractivity contribution is 0.0595. The van der Waals surface area contributed by atoms with Gasteiger partial charge in [-0.15, -0.1) is 29.9 Å². The number of rotatable bonds is 8. The average Bonchev–Trinajstić information content (AvgIpc) is 3.12. The number of nitrogens with zero attached hydrogens (tertiary/aromatic N) is 3. The smallest absolute Gasteiger partial charge is 0.345 e. The van der Waals surface area contributed by atoms with Crippen LogP contribution in [0.25, 0.3) is 11.1 Å². The molecular formula is C25H34Cl2N4O3. The molecule has 186 valence electrons. The predicted molar refractivity (Wildman–Crippen MR) is 139 cm³/mol. The highest BCUT2D eigenvalue weighted by Gasteiger charge is 2.22. The summed E-state index contributed by atoms with van der Waals surface area (Å²) in [4.78, 5) is 17.0. The number of pyridine rings is 1. The third-order valence-electron chi connectivity index (χ3n) is 5.39. The van der Waals surface area contributed by atoms with E-state index in [9.17, 15) is 4.79 Å². The number of ether oxygens (including phenoxy) is 2. The van der Waals surface area contributed by atoms with Crippen LogP contribution in [0.5, 0.6) is 5.88 Å². The number of aromatic nitrogens is 3. The van der Waals surface area contributed by atoms with E-state index >= 15 is 0 Å². The highest BCUT2D eigenvalue weighted by atomic mass is 35.5. The Balaban J connectivity index is 0.00000289. The van der Waals surface area contributed by atoms with Gasteiger partial charge in [-0.25, -0.2) is 4.79 Å². The summed E-state index contributed by atoms with van der Waals surface area (Å²) in [5, 5.41) is 4.29. The molecule has 0 saturated carbocycles. The van der Waals surface area contributed by atoms with Crippen LogP contribution < -0.4 is 10.5 Å². The summed E-state index contributed by atoms with van der Waals surface area (Å²) >= 11 is 0. The molecule has 0 unspecified atom stereocenters. The third-order valence-corrected chi connectivity index (χ3v) is 5.39. The summed E-state index contributed by atoms with van der Waals surface area (Å²) in [7, 11) is 3.07. The highest BCUT2D eigenvalue weighted by Crippen LogP contribution is 2.33. The minimum absolute atomic E-state index is 0. The second-order valence-electron chi connectivity index (χ2n) is 8.45. The van der Waals surface area contributed by atoms with E-state index in [4.69, 9.17) is 20.2 Å². The monoisotopic (exact) mass is 508 g/mol. The standard InChI is InChI=1S/C25H32N4O3.2ClH/c1-15(2)11-22-19(12-26)23(18-9-7-16(3)8-10-18)21(17(4)27-22)14-32-24-20(25(30)31-6)13-29(5)28-24;;/h7-10,13,15H,11-12,14,26H2,1-6H3;2*1H. The molecule has 7 nitrogen and oxygen atoms in total. The van der Waals surface area contributed by atoms with Gasteiger partial charge in [-0.2, -0.15) is 0 Å². The Hall–Kier alpha value is -2.61. The van der Waals surface area contributed by atoms with Crippen molar-refractivity contribution >= 4 is 30.8 Å². The second kappa shape index (κ2) is 12.7. The van der Waals surface area contributed by atoms with Gasteiger partial charge < -0.3 is 15.2 Å². The molecule has 0 aliphatic rings. The van der Waals surface area contributed by atoms with Crippen molar-refractivity contribution in [1.29, 1.82) is 0 Å². The molecule has 0 bridgehead atoms. The molecule has 1 aromatic carbocycles. The molecule has 9 heteroatoms.